The first-order valence-electron chi connectivity index (χ1n) is 8.27. The number of nitrogens with one attached hydrogen (secondary N) is 1. The van der Waals surface area contributed by atoms with E-state index in [4.69, 9.17) is 34.8 Å². The third kappa shape index (κ3) is 3.61. The summed E-state index contributed by atoms with van der Waals surface area (Å²) >= 11 is 20.0. The summed E-state index contributed by atoms with van der Waals surface area (Å²) in [5.74, 6) is -0.258. The Labute approximate surface area is 179 Å². The smallest absolute Gasteiger partial charge is 0.263 e. The summed E-state index contributed by atoms with van der Waals surface area (Å²) in [5.41, 5.74) is 1.84. The van der Waals surface area contributed by atoms with Crippen LogP contribution in [0.15, 0.2) is 49.1 Å². The highest BCUT2D eigenvalue weighted by Crippen LogP contribution is 2.41. The van der Waals surface area contributed by atoms with Gasteiger partial charge in [-0.3, -0.25) is 4.79 Å². The fourth-order valence-corrected chi connectivity index (χ4v) is 5.14. The first kappa shape index (κ1) is 19.2. The van der Waals surface area contributed by atoms with E-state index in [0.717, 1.165) is 16.0 Å². The van der Waals surface area contributed by atoms with E-state index in [1.807, 2.05) is 31.2 Å². The molecule has 0 fully saturated rings. The molecule has 0 aliphatic rings. The van der Waals surface area contributed by atoms with Gasteiger partial charge in [-0.2, -0.15) is 5.10 Å². The number of fused-ring (bicyclic) bond motifs is 1. The van der Waals surface area contributed by atoms with Crippen LogP contribution in [0.2, 0.25) is 15.1 Å². The molecule has 0 aliphatic heterocycles. The number of carbonyl (C=O) groups excluding carboxylic acids is 1. The molecule has 1 atom stereocenters. The van der Waals surface area contributed by atoms with Crippen molar-refractivity contribution in [3.8, 4) is 5.69 Å². The molecule has 0 saturated heterocycles. The van der Waals surface area contributed by atoms with Crippen LogP contribution in [0.3, 0.4) is 0 Å². The van der Waals surface area contributed by atoms with Crippen molar-refractivity contribution in [1.82, 2.24) is 20.1 Å². The lowest BCUT2D eigenvalue weighted by atomic mass is 10.1. The van der Waals surface area contributed by atoms with E-state index in [9.17, 15) is 4.79 Å². The molecule has 2 aromatic carbocycles. The molecule has 4 rings (SSSR count). The molecule has 5 nitrogen and oxygen atoms in total. The number of thiophene rings is 1. The number of carbonyl (C=O) groups is 1. The zero-order valence-electron chi connectivity index (χ0n) is 14.5. The number of aromatic nitrogens is 3. The van der Waals surface area contributed by atoms with E-state index in [0.29, 0.717) is 25.3 Å². The molecular formula is C19H13Cl3N4OS. The van der Waals surface area contributed by atoms with Crippen LogP contribution in [-0.2, 0) is 0 Å². The van der Waals surface area contributed by atoms with Crippen molar-refractivity contribution in [2.24, 2.45) is 0 Å². The van der Waals surface area contributed by atoms with Gasteiger partial charge in [0.05, 0.1) is 21.8 Å². The molecule has 1 N–H and O–H groups in total. The second-order valence-corrected chi connectivity index (χ2v) is 8.41. The van der Waals surface area contributed by atoms with Crippen molar-refractivity contribution >= 4 is 62.1 Å². The van der Waals surface area contributed by atoms with E-state index in [2.05, 4.69) is 15.4 Å². The molecular weight excluding hydrogens is 439 g/mol. The molecule has 28 heavy (non-hydrogen) atoms. The number of hydrogen-bond donors (Lipinski definition) is 1. The van der Waals surface area contributed by atoms with E-state index in [-0.39, 0.29) is 11.9 Å². The van der Waals surface area contributed by atoms with Gasteiger partial charge in [-0.1, -0.05) is 46.9 Å². The Balaban J connectivity index is 1.56. The van der Waals surface area contributed by atoms with Gasteiger partial charge in [0.2, 0.25) is 0 Å². The Hall–Kier alpha value is -2.12. The minimum atomic E-state index is -0.258. The number of rotatable bonds is 4. The fraction of sp³-hybridized carbons (Fsp3) is 0.105. The Morgan fingerprint density at radius 1 is 1.18 bits per heavy atom. The maximum Gasteiger partial charge on any atom is 0.263 e. The number of halogens is 3. The van der Waals surface area contributed by atoms with Crippen LogP contribution in [0, 0.1) is 0 Å². The standard InChI is InChI=1S/C19H13Cl3N4OS/c1-10(11-2-4-13(5-3-11)26-9-23-8-24-26)25-19(27)18-17(22)16-14(21)6-12(20)7-15(16)28-18/h2-10H,1H3,(H,25,27). The van der Waals surface area contributed by atoms with E-state index < -0.39 is 0 Å². The molecule has 0 aliphatic carbocycles. The monoisotopic (exact) mass is 450 g/mol. The molecule has 9 heteroatoms. The van der Waals surface area contributed by atoms with Gasteiger partial charge in [0.1, 0.15) is 17.5 Å². The van der Waals surface area contributed by atoms with Gasteiger partial charge in [-0.05, 0) is 36.8 Å². The summed E-state index contributed by atoms with van der Waals surface area (Å²) in [7, 11) is 0. The number of hydrogen-bond acceptors (Lipinski definition) is 4. The number of benzene rings is 2. The van der Waals surface area contributed by atoms with E-state index in [1.54, 1.807) is 23.1 Å². The highest BCUT2D eigenvalue weighted by Gasteiger charge is 2.21. The molecule has 2 heterocycles. The normalized spacial score (nSPS) is 12.3. The molecule has 1 amide bonds. The lowest BCUT2D eigenvalue weighted by Gasteiger charge is -2.14. The van der Waals surface area contributed by atoms with Crippen LogP contribution in [0.5, 0.6) is 0 Å². The predicted octanol–water partition coefficient (Wildman–Crippen LogP) is 5.93. The summed E-state index contributed by atoms with van der Waals surface area (Å²) < 4.78 is 2.44. The Morgan fingerprint density at radius 3 is 2.61 bits per heavy atom. The molecule has 0 spiro atoms. The molecule has 2 aromatic heterocycles. The Kier molecular flexibility index (Phi) is 5.29. The minimum Gasteiger partial charge on any atom is -0.345 e. The van der Waals surface area contributed by atoms with Crippen LogP contribution in [-0.4, -0.2) is 20.7 Å². The first-order valence-corrected chi connectivity index (χ1v) is 10.2. The summed E-state index contributed by atoms with van der Waals surface area (Å²) in [6.07, 6.45) is 3.10. The largest absolute Gasteiger partial charge is 0.345 e. The SMILES string of the molecule is CC(NC(=O)c1sc2cc(Cl)cc(Cl)c2c1Cl)c1ccc(-n2cncn2)cc1. The molecule has 4 aromatic rings. The van der Waals surface area contributed by atoms with Gasteiger partial charge < -0.3 is 5.32 Å². The zero-order chi connectivity index (χ0) is 19.8. The van der Waals surface area contributed by atoms with Gasteiger partial charge in [0, 0.05) is 15.1 Å². The maximum absolute atomic E-state index is 12.8. The molecule has 1 unspecified atom stereocenters. The molecule has 142 valence electrons. The second kappa shape index (κ2) is 7.72. The molecule has 0 bridgehead atoms. The zero-order valence-corrected chi connectivity index (χ0v) is 17.6. The quantitative estimate of drug-likeness (QED) is 0.418. The van der Waals surface area contributed by atoms with Crippen molar-refractivity contribution in [2.75, 3.05) is 0 Å². The average Bonchev–Trinajstić information content (AvgIpc) is 3.30. The molecule has 0 saturated carbocycles. The highest BCUT2D eigenvalue weighted by molar-refractivity contribution is 7.21. The summed E-state index contributed by atoms with van der Waals surface area (Å²) in [5, 5.41) is 8.99. The van der Waals surface area contributed by atoms with Crippen molar-refractivity contribution < 1.29 is 4.79 Å². The predicted molar refractivity (Wildman–Crippen MR) is 114 cm³/mol. The third-order valence-corrected chi connectivity index (χ3v) is 6.42. The summed E-state index contributed by atoms with van der Waals surface area (Å²) in [4.78, 5) is 17.1. The van der Waals surface area contributed by atoms with Crippen LogP contribution in [0.25, 0.3) is 15.8 Å². The van der Waals surface area contributed by atoms with Crippen molar-refractivity contribution in [3.05, 3.63) is 74.6 Å². The highest BCUT2D eigenvalue weighted by atomic mass is 35.5. The topological polar surface area (TPSA) is 59.8 Å². The average molecular weight is 452 g/mol. The molecule has 0 radical (unpaired) electrons. The van der Waals surface area contributed by atoms with Crippen molar-refractivity contribution in [1.29, 1.82) is 0 Å². The van der Waals surface area contributed by atoms with Crippen LogP contribution in [0.1, 0.15) is 28.2 Å². The van der Waals surface area contributed by atoms with Crippen molar-refractivity contribution in [2.45, 2.75) is 13.0 Å². The third-order valence-electron chi connectivity index (χ3n) is 4.28. The minimum absolute atomic E-state index is 0.211. The van der Waals surface area contributed by atoms with Gasteiger partial charge in [-0.15, -0.1) is 11.3 Å². The van der Waals surface area contributed by atoms with Crippen LogP contribution < -0.4 is 5.32 Å². The number of nitrogens with zero attached hydrogens (tertiary/aromatic N) is 3. The lowest BCUT2D eigenvalue weighted by molar-refractivity contribution is 0.0944. The Morgan fingerprint density at radius 2 is 1.93 bits per heavy atom. The summed E-state index contributed by atoms with van der Waals surface area (Å²) in [6.45, 7) is 1.91. The fourth-order valence-electron chi connectivity index (χ4n) is 2.86. The first-order chi connectivity index (χ1) is 13.4. The van der Waals surface area contributed by atoms with Gasteiger partial charge >= 0.3 is 0 Å². The summed E-state index contributed by atoms with van der Waals surface area (Å²) in [6, 6.07) is 10.9. The van der Waals surface area contributed by atoms with Crippen molar-refractivity contribution in [3.63, 3.8) is 0 Å². The van der Waals surface area contributed by atoms with E-state index in [1.165, 1.54) is 17.7 Å². The van der Waals surface area contributed by atoms with Gasteiger partial charge in [0.25, 0.3) is 5.91 Å². The van der Waals surface area contributed by atoms with E-state index >= 15 is 0 Å². The number of amides is 1. The maximum atomic E-state index is 12.8. The van der Waals surface area contributed by atoms with Gasteiger partial charge in [0.15, 0.2) is 0 Å². The van der Waals surface area contributed by atoms with Crippen LogP contribution in [0.4, 0.5) is 0 Å². The Bertz CT molecular complexity index is 1160. The van der Waals surface area contributed by atoms with Gasteiger partial charge in [-0.25, -0.2) is 9.67 Å². The second-order valence-electron chi connectivity index (χ2n) is 6.13. The lowest BCUT2D eigenvalue weighted by Crippen LogP contribution is -2.26. The van der Waals surface area contributed by atoms with Crippen LogP contribution >= 0.6 is 46.1 Å².